The summed E-state index contributed by atoms with van der Waals surface area (Å²) in [5.74, 6) is 0. The molecule has 0 spiro atoms. The zero-order valence-electron chi connectivity index (χ0n) is 25.2. The normalized spacial score (nSPS) is 12.2. The molecule has 3 aromatic carbocycles. The van der Waals surface area contributed by atoms with Gasteiger partial charge < -0.3 is 37.2 Å². The van der Waals surface area contributed by atoms with Crippen LogP contribution in [0.4, 0.5) is 0 Å². The first-order valence-electron chi connectivity index (χ1n) is 14.7. The molecule has 0 N–H and O–H groups in total. The van der Waals surface area contributed by atoms with Crippen molar-refractivity contribution in [3.05, 3.63) is 112 Å². The number of allylic oxidation sites excluding steroid dienone is 4. The minimum absolute atomic E-state index is 0. The summed E-state index contributed by atoms with van der Waals surface area (Å²) < 4.78 is 0. The average Bonchev–Trinajstić information content (AvgIpc) is 3.38. The minimum Gasteiger partial charge on any atom is -1.00 e. The third-order valence-corrected chi connectivity index (χ3v) is 13.2. The van der Waals surface area contributed by atoms with E-state index in [0.29, 0.717) is 0 Å². The van der Waals surface area contributed by atoms with Crippen molar-refractivity contribution in [3.8, 4) is 0 Å². The van der Waals surface area contributed by atoms with E-state index in [0.717, 1.165) is 6.42 Å². The number of halogens is 3. The van der Waals surface area contributed by atoms with Crippen LogP contribution in [0.2, 0.25) is 0 Å². The van der Waals surface area contributed by atoms with Gasteiger partial charge in [-0.05, 0) is 55.2 Å². The SMILES string of the molecule is CCCCc1ccc([Si](C2=C(C)[C-]=CC2)(c2ccc(CCCC)cc2)c2ccc(CCCC)cc2)cc1.[Cl-].[Cl-].[Cl-].[Ti+4]. The van der Waals surface area contributed by atoms with E-state index in [2.05, 4.69) is 113 Å². The van der Waals surface area contributed by atoms with Crippen LogP contribution in [-0.2, 0) is 41.0 Å². The molecule has 5 heteroatoms. The van der Waals surface area contributed by atoms with Gasteiger partial charge in [0.05, 0.1) is 8.07 Å². The van der Waals surface area contributed by atoms with E-state index in [1.807, 2.05) is 0 Å². The Balaban J connectivity index is 0.00000400. The molecule has 0 saturated heterocycles. The van der Waals surface area contributed by atoms with Crippen molar-refractivity contribution in [1.29, 1.82) is 0 Å². The Labute approximate surface area is 285 Å². The Morgan fingerprint density at radius 1 is 0.561 bits per heavy atom. The van der Waals surface area contributed by atoms with E-state index in [1.165, 1.54) is 95.6 Å². The fourth-order valence-corrected chi connectivity index (χ4v) is 11.0. The quantitative estimate of drug-likeness (QED) is 0.123. The number of hydrogen-bond donors (Lipinski definition) is 0. The van der Waals surface area contributed by atoms with Gasteiger partial charge in [0.1, 0.15) is 0 Å². The summed E-state index contributed by atoms with van der Waals surface area (Å²) in [6.07, 6.45) is 17.8. The zero-order chi connectivity index (χ0) is 26.1. The van der Waals surface area contributed by atoms with Gasteiger partial charge in [-0.25, -0.2) is 10.8 Å². The van der Waals surface area contributed by atoms with Crippen LogP contribution in [-0.4, -0.2) is 8.07 Å². The van der Waals surface area contributed by atoms with E-state index >= 15 is 0 Å². The smallest absolute Gasteiger partial charge is 1.00 e. The maximum atomic E-state index is 3.59. The monoisotopic (exact) mass is 658 g/mol. The fourth-order valence-electron chi connectivity index (χ4n) is 5.91. The van der Waals surface area contributed by atoms with Crippen molar-refractivity contribution >= 4 is 23.6 Å². The molecular formula is C36H45Cl3SiTi. The van der Waals surface area contributed by atoms with Crippen molar-refractivity contribution in [2.45, 2.75) is 91.9 Å². The van der Waals surface area contributed by atoms with Crippen LogP contribution >= 0.6 is 0 Å². The van der Waals surface area contributed by atoms with Crippen molar-refractivity contribution in [2.24, 2.45) is 0 Å². The molecule has 218 valence electrons. The Morgan fingerprint density at radius 2 is 0.878 bits per heavy atom. The molecule has 0 nitrogen and oxygen atoms in total. The Hall–Kier alpha value is -1.06. The summed E-state index contributed by atoms with van der Waals surface area (Å²) in [7, 11) is -2.43. The minimum atomic E-state index is -2.43. The average molecular weight is 660 g/mol. The van der Waals surface area contributed by atoms with Gasteiger partial charge in [-0.3, -0.25) is 6.08 Å². The second-order valence-electron chi connectivity index (χ2n) is 10.8. The predicted molar refractivity (Wildman–Crippen MR) is 165 cm³/mol. The first kappa shape index (κ1) is 39.9. The van der Waals surface area contributed by atoms with E-state index in [1.54, 1.807) is 5.20 Å². The number of hydrogen-bond acceptors (Lipinski definition) is 0. The van der Waals surface area contributed by atoms with Crippen LogP contribution in [0, 0.1) is 6.08 Å². The van der Waals surface area contributed by atoms with Crippen LogP contribution < -0.4 is 52.8 Å². The summed E-state index contributed by atoms with van der Waals surface area (Å²) in [6.45, 7) is 9.11. The predicted octanol–water partition coefficient (Wildman–Crippen LogP) is -1.19. The summed E-state index contributed by atoms with van der Waals surface area (Å²) in [6, 6.07) is 29.2. The number of aryl methyl sites for hydroxylation is 3. The van der Waals surface area contributed by atoms with Gasteiger partial charge in [-0.15, -0.1) is 0 Å². The van der Waals surface area contributed by atoms with Crippen molar-refractivity contribution in [2.75, 3.05) is 0 Å². The second kappa shape index (κ2) is 20.0. The Morgan fingerprint density at radius 3 is 1.12 bits per heavy atom. The van der Waals surface area contributed by atoms with E-state index in [4.69, 9.17) is 0 Å². The van der Waals surface area contributed by atoms with Gasteiger partial charge in [-0.2, -0.15) is 6.08 Å². The van der Waals surface area contributed by atoms with Crippen molar-refractivity contribution in [3.63, 3.8) is 0 Å². The molecule has 0 radical (unpaired) electrons. The van der Waals surface area contributed by atoms with Crippen LogP contribution in [0.15, 0.2) is 89.6 Å². The summed E-state index contributed by atoms with van der Waals surface area (Å²) >= 11 is 0. The van der Waals surface area contributed by atoms with Gasteiger partial charge in [-0.1, -0.05) is 142 Å². The van der Waals surface area contributed by atoms with Crippen LogP contribution in [0.1, 0.15) is 89.3 Å². The molecule has 0 fully saturated rings. The fraction of sp³-hybridized carbons (Fsp3) is 0.389. The van der Waals surface area contributed by atoms with Crippen LogP contribution in [0.25, 0.3) is 0 Å². The number of unbranched alkanes of at least 4 members (excludes halogenated alkanes) is 3. The van der Waals surface area contributed by atoms with Crippen molar-refractivity contribution < 1.29 is 58.9 Å². The molecular weight excluding hydrogens is 615 g/mol. The molecule has 1 aliphatic rings. The molecule has 0 bridgehead atoms. The Bertz CT molecular complexity index is 1070. The molecule has 4 rings (SSSR count). The van der Waals surface area contributed by atoms with Gasteiger partial charge in [0.2, 0.25) is 0 Å². The Kier molecular flexibility index (Phi) is 19.5. The van der Waals surface area contributed by atoms with E-state index in [-0.39, 0.29) is 58.9 Å². The summed E-state index contributed by atoms with van der Waals surface area (Å²) in [4.78, 5) is 0. The molecule has 0 amide bonds. The summed E-state index contributed by atoms with van der Waals surface area (Å²) in [5, 5.41) is 6.10. The second-order valence-corrected chi connectivity index (χ2v) is 14.6. The molecule has 3 aromatic rings. The topological polar surface area (TPSA) is 0 Å². The standard InChI is InChI=1S/C36H45Si.3ClH.Ti/c1-5-8-13-30-17-23-33(24-18-30)37(36-16-11-12-29(36)4,34-25-19-31(20-26-34)14-9-6-2)35-27-21-32(22-28-35)15-10-7-3;;;;/h11,17-28H,5-10,13-16H2,1-4H3;3*1H;/q-1;;;;+4/p-3. The zero-order valence-corrected chi connectivity index (χ0v) is 30.0. The van der Waals surface area contributed by atoms with Crippen LogP contribution in [0.3, 0.4) is 0 Å². The third-order valence-electron chi connectivity index (χ3n) is 8.15. The van der Waals surface area contributed by atoms with E-state index in [9.17, 15) is 0 Å². The summed E-state index contributed by atoms with van der Waals surface area (Å²) in [5.41, 5.74) is 5.72. The molecule has 0 saturated carbocycles. The van der Waals surface area contributed by atoms with Gasteiger partial charge >= 0.3 is 21.7 Å². The van der Waals surface area contributed by atoms with E-state index < -0.39 is 8.07 Å². The third kappa shape index (κ3) is 9.46. The molecule has 0 unspecified atom stereocenters. The molecule has 0 aliphatic heterocycles. The van der Waals surface area contributed by atoms with Gasteiger partial charge in [0.25, 0.3) is 0 Å². The maximum absolute atomic E-state index is 3.59. The molecule has 1 aliphatic carbocycles. The van der Waals surface area contributed by atoms with Gasteiger partial charge in [0.15, 0.2) is 0 Å². The molecule has 41 heavy (non-hydrogen) atoms. The largest absolute Gasteiger partial charge is 4.00 e. The number of rotatable bonds is 13. The van der Waals surface area contributed by atoms with Gasteiger partial charge in [0, 0.05) is 0 Å². The first-order valence-corrected chi connectivity index (χ1v) is 16.7. The molecule has 0 heterocycles. The maximum Gasteiger partial charge on any atom is 4.00 e. The number of benzene rings is 3. The van der Waals surface area contributed by atoms with Crippen LogP contribution in [0.5, 0.6) is 0 Å². The molecule has 0 aromatic heterocycles. The molecule has 0 atom stereocenters. The van der Waals surface area contributed by atoms with Crippen molar-refractivity contribution in [1.82, 2.24) is 0 Å². The first-order chi connectivity index (χ1) is 18.1.